The van der Waals surface area contributed by atoms with E-state index in [1.807, 2.05) is 30.5 Å². The molecule has 1 rings (SSSR count). The molecule has 0 radical (unpaired) electrons. The average Bonchev–Trinajstić information content (AvgIpc) is 2.18. The van der Waals surface area contributed by atoms with Crippen LogP contribution in [0.3, 0.4) is 0 Å². The van der Waals surface area contributed by atoms with Crippen molar-refractivity contribution in [2.45, 2.75) is 26.8 Å². The minimum Gasteiger partial charge on any atom is -0.285 e. The second-order valence-electron chi connectivity index (χ2n) is 3.63. The minimum atomic E-state index is 0.242. The third-order valence-electron chi connectivity index (χ3n) is 2.00. The highest BCUT2D eigenvalue weighted by atomic mass is 14.7. The van der Waals surface area contributed by atoms with Crippen LogP contribution in [0.5, 0.6) is 0 Å². The fourth-order valence-electron chi connectivity index (χ4n) is 1.14. The van der Waals surface area contributed by atoms with Crippen LogP contribution >= 0.6 is 0 Å². The number of rotatable bonds is 3. The van der Waals surface area contributed by atoms with Gasteiger partial charge in [-0.3, -0.25) is 4.99 Å². The summed E-state index contributed by atoms with van der Waals surface area (Å²) in [5.41, 5.74) is 2.53. The maximum absolute atomic E-state index is 4.43. The maximum atomic E-state index is 4.43. The lowest BCUT2D eigenvalue weighted by Crippen LogP contribution is -1.88. The zero-order valence-electron chi connectivity index (χ0n) is 9.07. The number of hydrogen-bond acceptors (Lipinski definition) is 1. The molecular formula is C13H17N. The molecule has 1 aromatic carbocycles. The first-order valence-electron chi connectivity index (χ1n) is 4.92. The quantitative estimate of drug-likeness (QED) is 0.638. The summed E-state index contributed by atoms with van der Waals surface area (Å²) in [5, 5.41) is 0. The molecular weight excluding hydrogens is 170 g/mol. The first-order valence-corrected chi connectivity index (χ1v) is 4.92. The molecule has 1 aromatic rings. The third kappa shape index (κ3) is 3.56. The number of benzene rings is 1. The fourth-order valence-corrected chi connectivity index (χ4v) is 1.14. The van der Waals surface area contributed by atoms with E-state index in [1.54, 1.807) is 0 Å². The summed E-state index contributed by atoms with van der Waals surface area (Å²) in [6.07, 6.45) is 3.91. The normalized spacial score (nSPS) is 12.8. The summed E-state index contributed by atoms with van der Waals surface area (Å²) in [6.45, 7) is 6.24. The topological polar surface area (TPSA) is 12.4 Å². The van der Waals surface area contributed by atoms with Crippen molar-refractivity contribution in [2.75, 3.05) is 0 Å². The molecule has 0 saturated heterocycles. The monoisotopic (exact) mass is 187 g/mol. The van der Waals surface area contributed by atoms with E-state index in [4.69, 9.17) is 0 Å². The van der Waals surface area contributed by atoms with Crippen molar-refractivity contribution in [3.63, 3.8) is 0 Å². The number of allylic oxidation sites excluding steroid dienone is 2. The third-order valence-corrected chi connectivity index (χ3v) is 2.00. The second-order valence-corrected chi connectivity index (χ2v) is 3.63. The first-order chi connectivity index (χ1) is 6.70. The van der Waals surface area contributed by atoms with Gasteiger partial charge in [-0.2, -0.15) is 0 Å². The van der Waals surface area contributed by atoms with E-state index in [-0.39, 0.29) is 6.04 Å². The molecule has 0 amide bonds. The van der Waals surface area contributed by atoms with Crippen LogP contribution in [0.4, 0.5) is 0 Å². The molecule has 0 aliphatic heterocycles. The van der Waals surface area contributed by atoms with Crippen molar-refractivity contribution in [1.29, 1.82) is 0 Å². The van der Waals surface area contributed by atoms with E-state index in [9.17, 15) is 0 Å². The SMILES string of the molecule is CC(C)=CC=NC(C)c1ccccc1. The molecule has 0 N–H and O–H groups in total. The number of hydrogen-bond donors (Lipinski definition) is 0. The van der Waals surface area contributed by atoms with Gasteiger partial charge in [0.15, 0.2) is 0 Å². The zero-order valence-corrected chi connectivity index (χ0v) is 9.07. The Balaban J connectivity index is 2.64. The van der Waals surface area contributed by atoms with Crippen molar-refractivity contribution >= 4 is 6.21 Å². The Morgan fingerprint density at radius 2 is 1.86 bits per heavy atom. The van der Waals surface area contributed by atoms with E-state index in [1.165, 1.54) is 11.1 Å². The number of nitrogens with zero attached hydrogens (tertiary/aromatic N) is 1. The van der Waals surface area contributed by atoms with Gasteiger partial charge in [0.1, 0.15) is 0 Å². The Hall–Kier alpha value is -1.37. The van der Waals surface area contributed by atoms with Gasteiger partial charge in [0, 0.05) is 6.21 Å². The molecule has 0 spiro atoms. The van der Waals surface area contributed by atoms with Gasteiger partial charge in [0.2, 0.25) is 0 Å². The smallest absolute Gasteiger partial charge is 0.0720 e. The van der Waals surface area contributed by atoms with E-state index in [0.29, 0.717) is 0 Å². The summed E-state index contributed by atoms with van der Waals surface area (Å²) in [5.74, 6) is 0. The van der Waals surface area contributed by atoms with E-state index < -0.39 is 0 Å². The molecule has 14 heavy (non-hydrogen) atoms. The first kappa shape index (κ1) is 10.7. The standard InChI is InChI=1S/C13H17N/c1-11(2)9-10-14-12(3)13-7-5-4-6-8-13/h4-10,12H,1-3H3. The van der Waals surface area contributed by atoms with E-state index in [0.717, 1.165) is 0 Å². The van der Waals surface area contributed by atoms with Crippen LogP contribution in [0.15, 0.2) is 47.0 Å². The van der Waals surface area contributed by atoms with Gasteiger partial charge < -0.3 is 0 Å². The molecule has 1 unspecified atom stereocenters. The van der Waals surface area contributed by atoms with Gasteiger partial charge in [-0.15, -0.1) is 0 Å². The molecule has 1 heteroatoms. The van der Waals surface area contributed by atoms with Gasteiger partial charge in [-0.1, -0.05) is 35.9 Å². The van der Waals surface area contributed by atoms with Crippen molar-refractivity contribution in [3.05, 3.63) is 47.5 Å². The molecule has 0 bridgehead atoms. The predicted molar refractivity (Wildman–Crippen MR) is 62.8 cm³/mol. The second kappa shape index (κ2) is 5.38. The van der Waals surface area contributed by atoms with Crippen molar-refractivity contribution in [3.8, 4) is 0 Å². The summed E-state index contributed by atoms with van der Waals surface area (Å²) in [7, 11) is 0. The summed E-state index contributed by atoms with van der Waals surface area (Å²) in [4.78, 5) is 4.43. The van der Waals surface area contributed by atoms with Crippen LogP contribution in [-0.2, 0) is 0 Å². The molecule has 0 aliphatic carbocycles. The van der Waals surface area contributed by atoms with Crippen molar-refractivity contribution < 1.29 is 0 Å². The maximum Gasteiger partial charge on any atom is 0.0720 e. The van der Waals surface area contributed by atoms with Crippen LogP contribution in [0.25, 0.3) is 0 Å². The largest absolute Gasteiger partial charge is 0.285 e. The Morgan fingerprint density at radius 1 is 1.21 bits per heavy atom. The highest BCUT2D eigenvalue weighted by molar-refractivity contribution is 5.72. The molecule has 0 aliphatic rings. The van der Waals surface area contributed by atoms with Crippen LogP contribution in [-0.4, -0.2) is 6.21 Å². The van der Waals surface area contributed by atoms with E-state index >= 15 is 0 Å². The summed E-state index contributed by atoms with van der Waals surface area (Å²) in [6, 6.07) is 10.6. The van der Waals surface area contributed by atoms with Crippen molar-refractivity contribution in [2.24, 2.45) is 4.99 Å². The van der Waals surface area contributed by atoms with Crippen molar-refractivity contribution in [1.82, 2.24) is 0 Å². The lowest BCUT2D eigenvalue weighted by molar-refractivity contribution is 0.826. The van der Waals surface area contributed by atoms with Crippen LogP contribution < -0.4 is 0 Å². The molecule has 0 saturated carbocycles. The Labute approximate surface area is 86.2 Å². The highest BCUT2D eigenvalue weighted by Gasteiger charge is 1.98. The van der Waals surface area contributed by atoms with Gasteiger partial charge in [-0.05, 0) is 32.4 Å². The lowest BCUT2D eigenvalue weighted by Gasteiger charge is -2.04. The van der Waals surface area contributed by atoms with Gasteiger partial charge in [-0.25, -0.2) is 0 Å². The Bertz CT molecular complexity index is 318. The van der Waals surface area contributed by atoms with Crippen LogP contribution in [0.1, 0.15) is 32.4 Å². The lowest BCUT2D eigenvalue weighted by atomic mass is 10.1. The molecule has 74 valence electrons. The molecule has 0 heterocycles. The fraction of sp³-hybridized carbons (Fsp3) is 0.308. The van der Waals surface area contributed by atoms with Crippen LogP contribution in [0.2, 0.25) is 0 Å². The highest BCUT2D eigenvalue weighted by Crippen LogP contribution is 2.14. The molecule has 1 atom stereocenters. The van der Waals surface area contributed by atoms with E-state index in [2.05, 4.69) is 37.9 Å². The molecule has 0 aromatic heterocycles. The predicted octanol–water partition coefficient (Wildman–Crippen LogP) is 3.78. The summed E-state index contributed by atoms with van der Waals surface area (Å²) < 4.78 is 0. The van der Waals surface area contributed by atoms with Gasteiger partial charge in [0.05, 0.1) is 6.04 Å². The number of aliphatic imine (C=N–C) groups is 1. The Morgan fingerprint density at radius 3 is 2.43 bits per heavy atom. The Kier molecular flexibility index (Phi) is 4.11. The minimum absolute atomic E-state index is 0.242. The van der Waals surface area contributed by atoms with Gasteiger partial charge in [0.25, 0.3) is 0 Å². The van der Waals surface area contributed by atoms with Gasteiger partial charge >= 0.3 is 0 Å². The van der Waals surface area contributed by atoms with Crippen LogP contribution in [0, 0.1) is 0 Å². The average molecular weight is 187 g/mol. The molecule has 1 nitrogen and oxygen atoms in total. The molecule has 0 fully saturated rings. The summed E-state index contributed by atoms with van der Waals surface area (Å²) >= 11 is 0. The zero-order chi connectivity index (χ0) is 10.4.